The quantitative estimate of drug-likeness (QED) is 0.599. The summed E-state index contributed by atoms with van der Waals surface area (Å²) in [5, 5.41) is 0. The highest BCUT2D eigenvalue weighted by atomic mass is 19.1. The summed E-state index contributed by atoms with van der Waals surface area (Å²) in [5.74, 6) is 2.23. The van der Waals surface area contributed by atoms with Crippen molar-refractivity contribution in [2.24, 2.45) is 17.8 Å². The van der Waals surface area contributed by atoms with Crippen LogP contribution in [-0.2, 0) is 0 Å². The number of hydrogen-bond acceptors (Lipinski definition) is 0. The Morgan fingerprint density at radius 1 is 0.864 bits per heavy atom. The summed E-state index contributed by atoms with van der Waals surface area (Å²) in [6, 6.07) is 4.03. The summed E-state index contributed by atoms with van der Waals surface area (Å²) in [4.78, 5) is 0. The average Bonchev–Trinajstić information content (AvgIpc) is 2.95. The Kier molecular flexibility index (Phi) is 5.15. The monoisotopic (exact) mass is 306 g/mol. The van der Waals surface area contributed by atoms with Crippen LogP contribution < -0.4 is 0 Å². The average molecular weight is 306 g/mol. The van der Waals surface area contributed by atoms with E-state index in [9.17, 15) is 8.78 Å². The Hall–Kier alpha value is -0.920. The molecule has 0 radical (unpaired) electrons. The highest BCUT2D eigenvalue weighted by Gasteiger charge is 2.33. The number of hydrogen-bond donors (Lipinski definition) is 0. The smallest absolute Gasteiger partial charge is 0.126 e. The SMILES string of the molecule is CCCC1CCC(C2CCC(c3cc(F)cc(F)c3)CC2)C1. The van der Waals surface area contributed by atoms with E-state index in [0.29, 0.717) is 5.92 Å². The fraction of sp³-hybridized carbons (Fsp3) is 0.700. The lowest BCUT2D eigenvalue weighted by atomic mass is 9.73. The van der Waals surface area contributed by atoms with Crippen LogP contribution in [0.25, 0.3) is 0 Å². The van der Waals surface area contributed by atoms with Gasteiger partial charge in [0.1, 0.15) is 11.6 Å². The van der Waals surface area contributed by atoms with Crippen LogP contribution in [0.4, 0.5) is 8.78 Å². The van der Waals surface area contributed by atoms with E-state index in [-0.39, 0.29) is 0 Å². The predicted molar refractivity (Wildman–Crippen MR) is 86.8 cm³/mol. The van der Waals surface area contributed by atoms with Crippen LogP contribution >= 0.6 is 0 Å². The van der Waals surface area contributed by atoms with Gasteiger partial charge in [0.25, 0.3) is 0 Å². The maximum Gasteiger partial charge on any atom is 0.126 e. The lowest BCUT2D eigenvalue weighted by Crippen LogP contribution is -2.20. The van der Waals surface area contributed by atoms with Crippen LogP contribution in [0.5, 0.6) is 0 Å². The van der Waals surface area contributed by atoms with E-state index >= 15 is 0 Å². The third kappa shape index (κ3) is 3.70. The van der Waals surface area contributed by atoms with Crippen molar-refractivity contribution in [3.8, 4) is 0 Å². The van der Waals surface area contributed by atoms with Gasteiger partial charge in [-0.2, -0.15) is 0 Å². The van der Waals surface area contributed by atoms with Crippen molar-refractivity contribution in [1.82, 2.24) is 0 Å². The molecule has 0 amide bonds. The highest BCUT2D eigenvalue weighted by Crippen LogP contribution is 2.46. The van der Waals surface area contributed by atoms with Crippen LogP contribution in [0.2, 0.25) is 0 Å². The van der Waals surface area contributed by atoms with Crippen LogP contribution in [0.3, 0.4) is 0 Å². The third-order valence-electron chi connectivity index (χ3n) is 6.07. The van der Waals surface area contributed by atoms with Crippen molar-refractivity contribution in [2.75, 3.05) is 0 Å². The van der Waals surface area contributed by atoms with Gasteiger partial charge < -0.3 is 0 Å². The van der Waals surface area contributed by atoms with E-state index < -0.39 is 11.6 Å². The van der Waals surface area contributed by atoms with Gasteiger partial charge >= 0.3 is 0 Å². The molecule has 3 rings (SSSR count). The van der Waals surface area contributed by atoms with Crippen LogP contribution in [0, 0.1) is 29.4 Å². The first-order valence-corrected chi connectivity index (χ1v) is 9.11. The van der Waals surface area contributed by atoms with Crippen molar-refractivity contribution in [1.29, 1.82) is 0 Å². The highest BCUT2D eigenvalue weighted by molar-refractivity contribution is 5.22. The topological polar surface area (TPSA) is 0 Å². The minimum absolute atomic E-state index is 0.356. The van der Waals surface area contributed by atoms with E-state index in [4.69, 9.17) is 0 Å². The first-order chi connectivity index (χ1) is 10.7. The van der Waals surface area contributed by atoms with E-state index in [2.05, 4.69) is 6.92 Å². The molecule has 2 atom stereocenters. The first-order valence-electron chi connectivity index (χ1n) is 9.11. The van der Waals surface area contributed by atoms with Crippen molar-refractivity contribution in [2.45, 2.75) is 70.6 Å². The minimum Gasteiger partial charge on any atom is -0.207 e. The molecular weight excluding hydrogens is 278 g/mol. The van der Waals surface area contributed by atoms with Crippen LogP contribution in [0.1, 0.15) is 76.2 Å². The second-order valence-corrected chi connectivity index (χ2v) is 7.54. The van der Waals surface area contributed by atoms with Crippen LogP contribution in [0.15, 0.2) is 18.2 Å². The van der Waals surface area contributed by atoms with Gasteiger partial charge in [0.15, 0.2) is 0 Å². The van der Waals surface area contributed by atoms with Crippen molar-refractivity contribution in [3.63, 3.8) is 0 Å². The van der Waals surface area contributed by atoms with Gasteiger partial charge in [0.2, 0.25) is 0 Å². The van der Waals surface area contributed by atoms with E-state index in [0.717, 1.165) is 42.2 Å². The summed E-state index contributed by atoms with van der Waals surface area (Å²) in [6.07, 6.45) is 11.7. The van der Waals surface area contributed by atoms with Gasteiger partial charge in [-0.3, -0.25) is 0 Å². The molecular formula is C20H28F2. The molecule has 2 unspecified atom stereocenters. The van der Waals surface area contributed by atoms with Gasteiger partial charge in [-0.05, 0) is 79.9 Å². The molecule has 1 aromatic rings. The largest absolute Gasteiger partial charge is 0.207 e. The number of rotatable bonds is 4. The molecule has 0 aromatic heterocycles. The zero-order valence-electron chi connectivity index (χ0n) is 13.7. The number of halogens is 2. The third-order valence-corrected chi connectivity index (χ3v) is 6.07. The van der Waals surface area contributed by atoms with Gasteiger partial charge in [0.05, 0.1) is 0 Å². The summed E-state index contributed by atoms with van der Waals surface area (Å²) >= 11 is 0. The summed E-state index contributed by atoms with van der Waals surface area (Å²) < 4.78 is 26.8. The molecule has 2 aliphatic carbocycles. The molecule has 122 valence electrons. The molecule has 2 fully saturated rings. The summed E-state index contributed by atoms with van der Waals surface area (Å²) in [5.41, 5.74) is 0.867. The first kappa shape index (κ1) is 16.0. The van der Waals surface area contributed by atoms with Gasteiger partial charge in [0, 0.05) is 6.07 Å². The van der Waals surface area contributed by atoms with Gasteiger partial charge in [-0.15, -0.1) is 0 Å². The molecule has 0 aliphatic heterocycles. The fourth-order valence-corrected chi connectivity index (χ4v) is 4.95. The molecule has 2 aliphatic rings. The number of benzene rings is 1. The van der Waals surface area contributed by atoms with Crippen molar-refractivity contribution in [3.05, 3.63) is 35.4 Å². The Balaban J connectivity index is 1.54. The molecule has 2 saturated carbocycles. The van der Waals surface area contributed by atoms with E-state index in [1.54, 1.807) is 0 Å². The summed E-state index contributed by atoms with van der Waals surface area (Å²) in [6.45, 7) is 2.29. The maximum absolute atomic E-state index is 13.4. The molecule has 0 heterocycles. The molecule has 2 heteroatoms. The normalized spacial score (nSPS) is 32.3. The maximum atomic E-state index is 13.4. The second-order valence-electron chi connectivity index (χ2n) is 7.54. The Morgan fingerprint density at radius 3 is 2.14 bits per heavy atom. The second kappa shape index (κ2) is 7.10. The van der Waals surface area contributed by atoms with E-state index in [1.165, 1.54) is 57.1 Å². The standard InChI is InChI=1S/C20H28F2/c1-2-3-14-4-5-17(10-14)15-6-8-16(9-7-15)18-11-19(21)13-20(22)12-18/h11-17H,2-10H2,1H3. The molecule has 0 saturated heterocycles. The van der Waals surface area contributed by atoms with Gasteiger partial charge in [-0.1, -0.05) is 26.2 Å². The van der Waals surface area contributed by atoms with Gasteiger partial charge in [-0.25, -0.2) is 8.78 Å². The molecule has 0 N–H and O–H groups in total. The van der Waals surface area contributed by atoms with Crippen molar-refractivity contribution >= 4 is 0 Å². The molecule has 0 nitrogen and oxygen atoms in total. The van der Waals surface area contributed by atoms with Crippen molar-refractivity contribution < 1.29 is 8.78 Å². The van der Waals surface area contributed by atoms with Crippen LogP contribution in [-0.4, -0.2) is 0 Å². The lowest BCUT2D eigenvalue weighted by Gasteiger charge is -2.32. The molecule has 0 spiro atoms. The fourth-order valence-electron chi connectivity index (χ4n) is 4.95. The molecule has 1 aromatic carbocycles. The Morgan fingerprint density at radius 2 is 1.50 bits per heavy atom. The summed E-state index contributed by atoms with van der Waals surface area (Å²) in [7, 11) is 0. The van der Waals surface area contributed by atoms with E-state index in [1.807, 2.05) is 0 Å². The predicted octanol–water partition coefficient (Wildman–Crippen LogP) is 6.46. The molecule has 22 heavy (non-hydrogen) atoms. The Labute approximate surface area is 133 Å². The Bertz CT molecular complexity index is 468. The molecule has 0 bridgehead atoms. The lowest BCUT2D eigenvalue weighted by molar-refractivity contribution is 0.229. The zero-order valence-corrected chi connectivity index (χ0v) is 13.7. The zero-order chi connectivity index (χ0) is 15.5. The minimum atomic E-state index is -0.435.